The number of halogens is 4. The zero-order chi connectivity index (χ0) is 30.3. The van der Waals surface area contributed by atoms with E-state index in [2.05, 4.69) is 20.2 Å². The van der Waals surface area contributed by atoms with E-state index in [9.17, 15) is 26.0 Å². The molecule has 0 aromatic carbocycles. The summed E-state index contributed by atoms with van der Waals surface area (Å²) >= 11 is 0. The van der Waals surface area contributed by atoms with Gasteiger partial charge in [-0.3, -0.25) is 4.90 Å². The van der Waals surface area contributed by atoms with E-state index in [1.807, 2.05) is 4.90 Å². The summed E-state index contributed by atoms with van der Waals surface area (Å²) in [6, 6.07) is 1.56. The fourth-order valence-electron chi connectivity index (χ4n) is 7.95. The summed E-state index contributed by atoms with van der Waals surface area (Å²) in [4.78, 5) is 17.4. The average Bonchev–Trinajstić information content (AvgIpc) is 3.55. The predicted molar refractivity (Wildman–Crippen MR) is 150 cm³/mol. The van der Waals surface area contributed by atoms with Crippen LogP contribution in [0.25, 0.3) is 0 Å². The summed E-state index contributed by atoms with van der Waals surface area (Å²) in [5.41, 5.74) is 4.17. The second-order valence-corrected chi connectivity index (χ2v) is 15.0. The zero-order valence-corrected chi connectivity index (χ0v) is 24.6. The summed E-state index contributed by atoms with van der Waals surface area (Å²) in [6.07, 6.45) is -2.05. The Labute approximate surface area is 247 Å². The van der Waals surface area contributed by atoms with Crippen LogP contribution in [0, 0.1) is 6.92 Å². The summed E-state index contributed by atoms with van der Waals surface area (Å²) in [5.74, 6) is -0.285. The van der Waals surface area contributed by atoms with E-state index in [0.29, 0.717) is 43.1 Å². The fourth-order valence-corrected chi connectivity index (χ4v) is 9.77. The number of pyridine rings is 1. The van der Waals surface area contributed by atoms with E-state index in [1.165, 1.54) is 6.92 Å². The summed E-state index contributed by atoms with van der Waals surface area (Å²) in [7, 11) is -4.17. The third kappa shape index (κ3) is 5.10. The number of hydrogen-bond acceptors (Lipinski definition) is 10. The van der Waals surface area contributed by atoms with Crippen LogP contribution >= 0.6 is 0 Å². The standard InChI is InChI=1S/C28H35F4N7O3S/c1-15-7-22(33)36-24(23(15)28(30,31)32)21-8-20-19(13-43(21,40)41)25(38-11-17-3-4-18(12-38)34-17)37-26(35-20)42-14-27-5-2-6-39(27)10-16(29)9-27/h7,16-18,21,34H,2-6,8-14H2,1H3,(H2,33,36)/t16-,17-,18+,21+,27+/m1/s1. The lowest BCUT2D eigenvalue weighted by molar-refractivity contribution is -0.139. The van der Waals surface area contributed by atoms with Crippen molar-refractivity contribution >= 4 is 21.5 Å². The third-order valence-electron chi connectivity index (χ3n) is 9.81. The van der Waals surface area contributed by atoms with Crippen LogP contribution in [0.5, 0.6) is 6.01 Å². The molecule has 5 aliphatic heterocycles. The highest BCUT2D eigenvalue weighted by molar-refractivity contribution is 7.91. The second kappa shape index (κ2) is 10.1. The maximum atomic E-state index is 14.4. The number of alkyl halides is 4. The maximum absolute atomic E-state index is 14.4. The van der Waals surface area contributed by atoms with Crippen molar-refractivity contribution in [1.82, 2.24) is 25.2 Å². The number of piperazine rings is 1. The Morgan fingerprint density at radius 3 is 2.63 bits per heavy atom. The van der Waals surface area contributed by atoms with Crippen molar-refractivity contribution < 1.29 is 30.7 Å². The summed E-state index contributed by atoms with van der Waals surface area (Å²) in [5, 5.41) is 1.95. The van der Waals surface area contributed by atoms with E-state index < -0.39 is 50.0 Å². The molecule has 5 atom stereocenters. The van der Waals surface area contributed by atoms with E-state index >= 15 is 0 Å². The summed E-state index contributed by atoms with van der Waals surface area (Å²) < 4.78 is 90.7. The largest absolute Gasteiger partial charge is 0.461 e. The van der Waals surface area contributed by atoms with Crippen molar-refractivity contribution in [2.24, 2.45) is 0 Å². The van der Waals surface area contributed by atoms with E-state index in [-0.39, 0.29) is 42.5 Å². The van der Waals surface area contributed by atoms with Gasteiger partial charge in [-0.15, -0.1) is 0 Å². The first kappa shape index (κ1) is 29.0. The molecule has 4 fully saturated rings. The highest BCUT2D eigenvalue weighted by atomic mass is 32.2. The minimum Gasteiger partial charge on any atom is -0.461 e. The Morgan fingerprint density at radius 1 is 1.16 bits per heavy atom. The monoisotopic (exact) mass is 625 g/mol. The van der Waals surface area contributed by atoms with Gasteiger partial charge in [0.2, 0.25) is 0 Å². The molecule has 0 spiro atoms. The molecule has 7 heterocycles. The Hall–Kier alpha value is -2.78. The number of aromatic nitrogens is 3. The van der Waals surface area contributed by atoms with Crippen molar-refractivity contribution in [3.63, 3.8) is 0 Å². The number of ether oxygens (including phenoxy) is 1. The molecular formula is C28H35F4N7O3S. The molecule has 2 aromatic heterocycles. The Kier molecular flexibility index (Phi) is 6.82. The van der Waals surface area contributed by atoms with Gasteiger partial charge in [0, 0.05) is 50.1 Å². The molecule has 0 unspecified atom stereocenters. The van der Waals surface area contributed by atoms with Crippen molar-refractivity contribution in [2.45, 2.75) is 86.4 Å². The van der Waals surface area contributed by atoms with Gasteiger partial charge in [0.05, 0.1) is 28.2 Å². The molecule has 7 rings (SSSR count). The molecule has 0 amide bonds. The van der Waals surface area contributed by atoms with Gasteiger partial charge in [-0.05, 0) is 50.8 Å². The van der Waals surface area contributed by atoms with Crippen LogP contribution < -0.4 is 20.7 Å². The lowest BCUT2D eigenvalue weighted by Gasteiger charge is -2.37. The van der Waals surface area contributed by atoms with Gasteiger partial charge in [0.15, 0.2) is 9.84 Å². The Morgan fingerprint density at radius 2 is 1.91 bits per heavy atom. The van der Waals surface area contributed by atoms with Gasteiger partial charge in [-0.25, -0.2) is 17.8 Å². The molecule has 43 heavy (non-hydrogen) atoms. The van der Waals surface area contributed by atoms with Crippen molar-refractivity contribution in [3.05, 3.63) is 34.1 Å². The molecule has 10 nitrogen and oxygen atoms in total. The van der Waals surface area contributed by atoms with Crippen molar-refractivity contribution in [2.75, 3.05) is 43.4 Å². The molecule has 15 heteroatoms. The van der Waals surface area contributed by atoms with Gasteiger partial charge >= 0.3 is 12.2 Å². The maximum Gasteiger partial charge on any atom is 0.418 e. The van der Waals surface area contributed by atoms with Gasteiger partial charge in [0.25, 0.3) is 0 Å². The predicted octanol–water partition coefficient (Wildman–Crippen LogP) is 2.89. The minimum absolute atomic E-state index is 0.0222. The molecule has 2 bridgehead atoms. The van der Waals surface area contributed by atoms with Gasteiger partial charge < -0.3 is 20.7 Å². The number of rotatable bonds is 5. The normalized spacial score (nSPS) is 31.7. The zero-order valence-electron chi connectivity index (χ0n) is 23.8. The number of hydrogen-bond donors (Lipinski definition) is 2. The first-order valence-corrected chi connectivity index (χ1v) is 16.5. The van der Waals surface area contributed by atoms with E-state index in [4.69, 9.17) is 15.5 Å². The highest BCUT2D eigenvalue weighted by Crippen LogP contribution is 2.45. The van der Waals surface area contributed by atoms with E-state index in [0.717, 1.165) is 38.3 Å². The van der Waals surface area contributed by atoms with Crippen LogP contribution in [0.1, 0.15) is 65.4 Å². The van der Waals surface area contributed by atoms with Crippen molar-refractivity contribution in [3.8, 4) is 6.01 Å². The van der Waals surface area contributed by atoms with Crippen molar-refractivity contribution in [1.29, 1.82) is 0 Å². The number of nitrogens with two attached hydrogens (primary N) is 1. The number of sulfone groups is 1. The van der Waals surface area contributed by atoms with E-state index in [1.54, 1.807) is 0 Å². The quantitative estimate of drug-likeness (QED) is 0.479. The summed E-state index contributed by atoms with van der Waals surface area (Å²) in [6.45, 7) is 3.79. The molecule has 0 saturated carbocycles. The van der Waals surface area contributed by atoms with Gasteiger partial charge in [-0.1, -0.05) is 0 Å². The molecular weight excluding hydrogens is 590 g/mol. The molecule has 5 aliphatic rings. The molecule has 234 valence electrons. The number of anilines is 2. The SMILES string of the molecule is Cc1cc(N)nc([C@@H]2Cc3nc(OC[C@@]45CCCN4C[C@H](F)C5)nc(N4C[C@H]5CC[C@@H](C4)N5)c3CS2(=O)=O)c1C(F)(F)F. The van der Waals surface area contributed by atoms with Crippen LogP contribution in [0.2, 0.25) is 0 Å². The third-order valence-corrected chi connectivity index (χ3v) is 11.8. The highest BCUT2D eigenvalue weighted by Gasteiger charge is 2.50. The van der Waals surface area contributed by atoms with Gasteiger partial charge in [0.1, 0.15) is 29.7 Å². The first-order valence-electron chi connectivity index (χ1n) is 14.8. The molecule has 3 N–H and O–H groups in total. The Bertz CT molecular complexity index is 1550. The number of nitrogen functional groups attached to an aromatic ring is 1. The molecule has 4 saturated heterocycles. The lowest BCUT2D eigenvalue weighted by atomic mass is 9.95. The second-order valence-electron chi connectivity index (χ2n) is 12.8. The lowest BCUT2D eigenvalue weighted by Crippen LogP contribution is -2.52. The number of aryl methyl sites for hydroxylation is 1. The van der Waals surface area contributed by atoms with Crippen LogP contribution in [0.4, 0.5) is 29.2 Å². The average molecular weight is 626 g/mol. The fraction of sp³-hybridized carbons (Fsp3) is 0.679. The molecule has 2 aromatic rings. The van der Waals surface area contributed by atoms with Crippen LogP contribution in [-0.2, 0) is 28.2 Å². The van der Waals surface area contributed by atoms with Crippen LogP contribution in [0.3, 0.4) is 0 Å². The van der Waals surface area contributed by atoms with Crippen LogP contribution in [0.15, 0.2) is 6.07 Å². The smallest absolute Gasteiger partial charge is 0.418 e. The van der Waals surface area contributed by atoms with Crippen LogP contribution in [-0.4, -0.2) is 84.8 Å². The Balaban J connectivity index is 1.29. The molecule has 0 radical (unpaired) electrons. The van der Waals surface area contributed by atoms with Gasteiger partial charge in [-0.2, -0.15) is 23.1 Å². The number of nitrogens with zero attached hydrogens (tertiary/aromatic N) is 5. The minimum atomic E-state index is -4.83. The number of nitrogens with one attached hydrogen (secondary N) is 1. The topological polar surface area (TPSA) is 127 Å². The molecule has 0 aliphatic carbocycles. The first-order chi connectivity index (χ1) is 20.3. The number of fused-ring (bicyclic) bond motifs is 4.